The molecule has 0 amide bonds. The van der Waals surface area contributed by atoms with Crippen molar-refractivity contribution < 1.29 is 14.3 Å². The van der Waals surface area contributed by atoms with Crippen molar-refractivity contribution in [3.05, 3.63) is 89.5 Å². The number of unbranched alkanes of at least 4 members (excludes halogenated alkanes) is 6. The van der Waals surface area contributed by atoms with Gasteiger partial charge in [0.1, 0.15) is 5.75 Å². The lowest BCUT2D eigenvalue weighted by atomic mass is 10.0. The van der Waals surface area contributed by atoms with Crippen molar-refractivity contribution in [1.82, 2.24) is 0 Å². The third kappa shape index (κ3) is 8.95. The summed E-state index contributed by atoms with van der Waals surface area (Å²) in [5, 5.41) is 0. The van der Waals surface area contributed by atoms with Crippen LogP contribution in [0.1, 0.15) is 99.7 Å². The summed E-state index contributed by atoms with van der Waals surface area (Å²) in [6.45, 7) is 7.37. The molecule has 0 N–H and O–H groups in total. The molecule has 0 aromatic heterocycles. The fraction of sp³-hybridized carbons (Fsp3) is 0.424. The van der Waals surface area contributed by atoms with Gasteiger partial charge < -0.3 is 9.47 Å². The van der Waals surface area contributed by atoms with E-state index in [1.54, 1.807) is 0 Å². The van der Waals surface area contributed by atoms with E-state index >= 15 is 0 Å². The average molecular weight is 487 g/mol. The van der Waals surface area contributed by atoms with Crippen LogP contribution in [0.15, 0.2) is 72.8 Å². The third-order valence-corrected chi connectivity index (χ3v) is 6.65. The molecule has 0 heterocycles. The summed E-state index contributed by atoms with van der Waals surface area (Å²) in [4.78, 5) is 12.5. The monoisotopic (exact) mass is 486 g/mol. The number of carbonyl (C=O) groups excluding carboxylic acids is 1. The van der Waals surface area contributed by atoms with Crippen LogP contribution in [0, 0.1) is 0 Å². The Kier molecular flexibility index (Phi) is 11.7. The number of esters is 1. The molecule has 0 saturated carbocycles. The Morgan fingerprint density at radius 1 is 0.694 bits per heavy atom. The first-order chi connectivity index (χ1) is 17.6. The van der Waals surface area contributed by atoms with Gasteiger partial charge in [-0.2, -0.15) is 0 Å². The lowest BCUT2D eigenvalue weighted by Crippen LogP contribution is -2.08. The van der Waals surface area contributed by atoms with Gasteiger partial charge in [-0.25, -0.2) is 4.79 Å². The summed E-state index contributed by atoms with van der Waals surface area (Å²) in [7, 11) is 0. The van der Waals surface area contributed by atoms with Crippen LogP contribution in [0.25, 0.3) is 11.1 Å². The fourth-order valence-electron chi connectivity index (χ4n) is 4.26. The molecule has 3 nitrogen and oxygen atoms in total. The number of hydrogen-bond donors (Lipinski definition) is 0. The van der Waals surface area contributed by atoms with E-state index in [0.717, 1.165) is 43.4 Å². The Bertz CT molecular complexity index is 1020. The Hall–Kier alpha value is -2.91. The van der Waals surface area contributed by atoms with Gasteiger partial charge in [0.05, 0.1) is 11.7 Å². The number of aryl methyl sites for hydroxylation is 1. The molecule has 0 fully saturated rings. The van der Waals surface area contributed by atoms with Crippen molar-refractivity contribution in [2.45, 2.75) is 84.7 Å². The summed E-state index contributed by atoms with van der Waals surface area (Å²) < 4.78 is 11.6. The predicted octanol–water partition coefficient (Wildman–Crippen LogP) is 9.35. The van der Waals surface area contributed by atoms with Crippen molar-refractivity contribution in [2.24, 2.45) is 0 Å². The molecule has 0 aliphatic carbocycles. The zero-order valence-electron chi connectivity index (χ0n) is 22.3. The van der Waals surface area contributed by atoms with Crippen LogP contribution in [-0.2, 0) is 11.2 Å². The van der Waals surface area contributed by atoms with E-state index in [9.17, 15) is 4.79 Å². The first kappa shape index (κ1) is 27.7. The molecule has 0 spiro atoms. The van der Waals surface area contributed by atoms with E-state index < -0.39 is 0 Å². The van der Waals surface area contributed by atoms with Crippen LogP contribution in [0.5, 0.6) is 5.75 Å². The Balaban J connectivity index is 1.47. The average Bonchev–Trinajstić information content (AvgIpc) is 2.92. The van der Waals surface area contributed by atoms with Crippen molar-refractivity contribution in [3.63, 3.8) is 0 Å². The van der Waals surface area contributed by atoms with Gasteiger partial charge in [-0.05, 0) is 72.7 Å². The fourth-order valence-corrected chi connectivity index (χ4v) is 4.26. The molecule has 0 saturated heterocycles. The van der Waals surface area contributed by atoms with Gasteiger partial charge >= 0.3 is 5.97 Å². The smallest absolute Gasteiger partial charge is 0.343 e. The quantitative estimate of drug-likeness (QED) is 0.122. The number of carbonyl (C=O) groups is 1. The molecule has 3 heteroatoms. The van der Waals surface area contributed by atoms with Gasteiger partial charge in [0.15, 0.2) is 0 Å². The highest BCUT2D eigenvalue weighted by Crippen LogP contribution is 2.26. The summed E-state index contributed by atoms with van der Waals surface area (Å²) >= 11 is 0. The summed E-state index contributed by atoms with van der Waals surface area (Å²) in [6, 6.07) is 23.9. The topological polar surface area (TPSA) is 35.5 Å². The predicted molar refractivity (Wildman–Crippen MR) is 150 cm³/mol. The van der Waals surface area contributed by atoms with Gasteiger partial charge in [0, 0.05) is 6.61 Å². The molecule has 3 aromatic rings. The largest absolute Gasteiger partial charge is 0.423 e. The van der Waals surface area contributed by atoms with Gasteiger partial charge in [0.2, 0.25) is 0 Å². The van der Waals surface area contributed by atoms with Crippen molar-refractivity contribution >= 4 is 5.97 Å². The van der Waals surface area contributed by atoms with E-state index in [1.807, 2.05) is 48.5 Å². The minimum absolute atomic E-state index is 0.0946. The highest BCUT2D eigenvalue weighted by molar-refractivity contribution is 5.91. The number of benzene rings is 3. The number of rotatable bonds is 15. The van der Waals surface area contributed by atoms with Crippen LogP contribution in [0.3, 0.4) is 0 Å². The van der Waals surface area contributed by atoms with Crippen LogP contribution < -0.4 is 4.74 Å². The Morgan fingerprint density at radius 2 is 1.28 bits per heavy atom. The lowest BCUT2D eigenvalue weighted by Gasteiger charge is -2.14. The lowest BCUT2D eigenvalue weighted by molar-refractivity contribution is 0.0627. The molecule has 0 aliphatic rings. The summed E-state index contributed by atoms with van der Waals surface area (Å²) in [5.41, 5.74) is 5.23. The zero-order valence-corrected chi connectivity index (χ0v) is 22.3. The molecular formula is C33H42O3. The molecule has 0 radical (unpaired) electrons. The van der Waals surface area contributed by atoms with Crippen molar-refractivity contribution in [1.29, 1.82) is 0 Å². The first-order valence-corrected chi connectivity index (χ1v) is 13.7. The molecular weight excluding hydrogens is 444 g/mol. The molecule has 1 atom stereocenters. The standard InChI is InChI=1S/C33H42O3/c1-4-6-8-9-10-11-25-35-26(3)28-17-19-29(20-18-28)30-21-23-32(24-22-30)36-33(34)31-15-13-27(14-16-31)12-7-5-2/h13-24,26H,4-12,25H2,1-3H3. The molecule has 1 unspecified atom stereocenters. The van der Waals surface area contributed by atoms with Crippen LogP contribution in [-0.4, -0.2) is 12.6 Å². The van der Waals surface area contributed by atoms with E-state index in [2.05, 4.69) is 45.0 Å². The normalized spacial score (nSPS) is 11.9. The maximum atomic E-state index is 12.5. The van der Waals surface area contributed by atoms with E-state index in [-0.39, 0.29) is 12.1 Å². The third-order valence-electron chi connectivity index (χ3n) is 6.65. The molecule has 0 bridgehead atoms. The van der Waals surface area contributed by atoms with Crippen molar-refractivity contribution in [2.75, 3.05) is 6.61 Å². The Labute approximate surface area is 217 Å². The second-order valence-electron chi connectivity index (χ2n) is 9.62. The van der Waals surface area contributed by atoms with Gasteiger partial charge in [0.25, 0.3) is 0 Å². The minimum atomic E-state index is -0.330. The Morgan fingerprint density at radius 3 is 1.92 bits per heavy atom. The van der Waals surface area contributed by atoms with E-state index in [1.165, 1.54) is 43.2 Å². The molecule has 192 valence electrons. The van der Waals surface area contributed by atoms with E-state index in [0.29, 0.717) is 11.3 Å². The van der Waals surface area contributed by atoms with Crippen LogP contribution >= 0.6 is 0 Å². The first-order valence-electron chi connectivity index (χ1n) is 13.7. The second kappa shape index (κ2) is 15.3. The van der Waals surface area contributed by atoms with Crippen molar-refractivity contribution in [3.8, 4) is 16.9 Å². The molecule has 3 aromatic carbocycles. The summed E-state index contributed by atoms with van der Waals surface area (Å²) in [6.07, 6.45) is 11.1. The highest BCUT2D eigenvalue weighted by Gasteiger charge is 2.10. The molecule has 3 rings (SSSR count). The number of hydrogen-bond acceptors (Lipinski definition) is 3. The molecule has 0 aliphatic heterocycles. The SMILES string of the molecule is CCCCCCCCOC(C)c1ccc(-c2ccc(OC(=O)c3ccc(CCCC)cc3)cc2)cc1. The maximum absolute atomic E-state index is 12.5. The zero-order chi connectivity index (χ0) is 25.6. The summed E-state index contributed by atoms with van der Waals surface area (Å²) in [5.74, 6) is 0.219. The maximum Gasteiger partial charge on any atom is 0.343 e. The van der Waals surface area contributed by atoms with Crippen LogP contribution in [0.2, 0.25) is 0 Å². The van der Waals surface area contributed by atoms with E-state index in [4.69, 9.17) is 9.47 Å². The van der Waals surface area contributed by atoms with Gasteiger partial charge in [-0.1, -0.05) is 101 Å². The number of ether oxygens (including phenoxy) is 2. The minimum Gasteiger partial charge on any atom is -0.423 e. The van der Waals surface area contributed by atoms with Crippen LogP contribution in [0.4, 0.5) is 0 Å². The molecule has 36 heavy (non-hydrogen) atoms. The van der Waals surface area contributed by atoms with Gasteiger partial charge in [-0.3, -0.25) is 0 Å². The second-order valence-corrected chi connectivity index (χ2v) is 9.62. The van der Waals surface area contributed by atoms with Gasteiger partial charge in [-0.15, -0.1) is 0 Å². The highest BCUT2D eigenvalue weighted by atomic mass is 16.5.